The fourth-order valence-corrected chi connectivity index (χ4v) is 5.48. The molecule has 0 amide bonds. The zero-order valence-electron chi connectivity index (χ0n) is 21.5. The third-order valence-corrected chi connectivity index (χ3v) is 7.41. The minimum atomic E-state index is 1.13. The molecule has 0 saturated carbocycles. The van der Waals surface area contributed by atoms with Crippen molar-refractivity contribution >= 4 is 38.6 Å². The van der Waals surface area contributed by atoms with Crippen molar-refractivity contribution in [3.05, 3.63) is 164 Å². The lowest BCUT2D eigenvalue weighted by molar-refractivity contribution is 1.28. The Morgan fingerprint density at radius 3 is 1.51 bits per heavy atom. The van der Waals surface area contributed by atoms with Gasteiger partial charge in [0.2, 0.25) is 0 Å². The van der Waals surface area contributed by atoms with Gasteiger partial charge in [0.25, 0.3) is 0 Å². The fraction of sp³-hybridized carbons (Fsp3) is 0. The van der Waals surface area contributed by atoms with E-state index in [1.54, 1.807) is 0 Å². The summed E-state index contributed by atoms with van der Waals surface area (Å²) in [5, 5.41) is 5.03. The van der Waals surface area contributed by atoms with Gasteiger partial charge in [-0.3, -0.25) is 0 Å². The molecule has 0 atom stereocenters. The zero-order chi connectivity index (χ0) is 26.0. The molecule has 0 aliphatic carbocycles. The van der Waals surface area contributed by atoms with Crippen molar-refractivity contribution < 1.29 is 0 Å². The van der Waals surface area contributed by atoms with Crippen LogP contribution in [0.15, 0.2) is 164 Å². The molecule has 0 heterocycles. The van der Waals surface area contributed by atoms with Gasteiger partial charge in [-0.2, -0.15) is 0 Å². The van der Waals surface area contributed by atoms with E-state index in [9.17, 15) is 0 Å². The number of anilines is 3. The highest BCUT2D eigenvalue weighted by Crippen LogP contribution is 2.38. The second kappa shape index (κ2) is 9.96. The predicted octanol–water partition coefficient (Wildman–Crippen LogP) is 10.8. The van der Waals surface area contributed by atoms with E-state index < -0.39 is 0 Å². The van der Waals surface area contributed by atoms with E-state index in [4.69, 9.17) is 0 Å². The average Bonchev–Trinajstić information content (AvgIpc) is 3.02. The van der Waals surface area contributed by atoms with E-state index in [0.717, 1.165) is 17.1 Å². The van der Waals surface area contributed by atoms with Crippen LogP contribution in [0.25, 0.3) is 43.8 Å². The van der Waals surface area contributed by atoms with E-state index in [-0.39, 0.29) is 0 Å². The Morgan fingerprint density at radius 2 is 0.821 bits per heavy atom. The Kier molecular flexibility index (Phi) is 5.88. The Labute approximate surface area is 229 Å². The first-order chi connectivity index (χ1) is 19.3. The molecule has 7 aromatic carbocycles. The molecule has 0 radical (unpaired) electrons. The summed E-state index contributed by atoms with van der Waals surface area (Å²) < 4.78 is 0. The van der Waals surface area contributed by atoms with E-state index in [1.165, 1.54) is 43.8 Å². The first kappa shape index (κ1) is 23.0. The summed E-state index contributed by atoms with van der Waals surface area (Å²) in [6.07, 6.45) is 0. The molecule has 7 aromatic rings. The summed E-state index contributed by atoms with van der Waals surface area (Å²) in [4.78, 5) is 2.30. The zero-order valence-corrected chi connectivity index (χ0v) is 21.5. The lowest BCUT2D eigenvalue weighted by Crippen LogP contribution is -2.09. The molecule has 0 unspecified atom stereocenters. The van der Waals surface area contributed by atoms with Crippen LogP contribution in [0.2, 0.25) is 0 Å². The van der Waals surface area contributed by atoms with Crippen LogP contribution in [-0.2, 0) is 0 Å². The van der Waals surface area contributed by atoms with Gasteiger partial charge in [0.1, 0.15) is 0 Å². The maximum absolute atomic E-state index is 2.34. The number of nitrogens with zero attached hydrogens (tertiary/aromatic N) is 1. The smallest absolute Gasteiger partial charge is 0.0462 e. The van der Waals surface area contributed by atoms with Crippen molar-refractivity contribution in [2.45, 2.75) is 0 Å². The van der Waals surface area contributed by atoms with Crippen molar-refractivity contribution in [1.29, 1.82) is 0 Å². The second-order valence-electron chi connectivity index (χ2n) is 9.86. The summed E-state index contributed by atoms with van der Waals surface area (Å²) in [5.41, 5.74) is 8.32. The molecule has 0 bridgehead atoms. The lowest BCUT2D eigenvalue weighted by Gasteiger charge is -2.25. The largest absolute Gasteiger partial charge is 0.311 e. The molecule has 0 aliphatic rings. The van der Waals surface area contributed by atoms with Crippen LogP contribution in [0.4, 0.5) is 17.1 Å². The molecule has 184 valence electrons. The molecule has 0 N–H and O–H groups in total. The topological polar surface area (TPSA) is 3.24 Å². The lowest BCUT2D eigenvalue weighted by atomic mass is 9.92. The van der Waals surface area contributed by atoms with Crippen molar-refractivity contribution in [2.24, 2.45) is 0 Å². The van der Waals surface area contributed by atoms with Crippen LogP contribution in [0.3, 0.4) is 0 Å². The minimum absolute atomic E-state index is 1.13. The van der Waals surface area contributed by atoms with E-state index >= 15 is 0 Å². The maximum Gasteiger partial charge on any atom is 0.0462 e. The SMILES string of the molecule is c1ccc(N(c2ccccc2)c2ccc(-c3cc(-c4ccc5ccccc5c4)cc4ccccc34)cc2)cc1. The summed E-state index contributed by atoms with van der Waals surface area (Å²) in [5.74, 6) is 0. The van der Waals surface area contributed by atoms with Crippen LogP contribution in [0.5, 0.6) is 0 Å². The molecule has 1 nitrogen and oxygen atoms in total. The van der Waals surface area contributed by atoms with Gasteiger partial charge >= 0.3 is 0 Å². The third-order valence-electron chi connectivity index (χ3n) is 7.41. The number of fused-ring (bicyclic) bond motifs is 2. The van der Waals surface area contributed by atoms with Crippen molar-refractivity contribution in [1.82, 2.24) is 0 Å². The van der Waals surface area contributed by atoms with E-state index in [0.29, 0.717) is 0 Å². The molecule has 0 spiro atoms. The molecule has 7 rings (SSSR count). The van der Waals surface area contributed by atoms with Gasteiger partial charge in [-0.1, -0.05) is 109 Å². The number of para-hydroxylation sites is 2. The number of hydrogen-bond donors (Lipinski definition) is 0. The monoisotopic (exact) mass is 497 g/mol. The summed E-state index contributed by atoms with van der Waals surface area (Å²) in [7, 11) is 0. The summed E-state index contributed by atoms with van der Waals surface area (Å²) in [6.45, 7) is 0. The van der Waals surface area contributed by atoms with Crippen LogP contribution in [-0.4, -0.2) is 0 Å². The van der Waals surface area contributed by atoms with E-state index in [2.05, 4.69) is 169 Å². The van der Waals surface area contributed by atoms with Gasteiger partial charge in [0, 0.05) is 17.1 Å². The first-order valence-electron chi connectivity index (χ1n) is 13.4. The van der Waals surface area contributed by atoms with Gasteiger partial charge in [0.15, 0.2) is 0 Å². The molecule has 0 fully saturated rings. The van der Waals surface area contributed by atoms with Crippen molar-refractivity contribution in [3.8, 4) is 22.3 Å². The van der Waals surface area contributed by atoms with Gasteiger partial charge in [-0.15, -0.1) is 0 Å². The highest BCUT2D eigenvalue weighted by Gasteiger charge is 2.13. The average molecular weight is 498 g/mol. The molecule has 0 aromatic heterocycles. The van der Waals surface area contributed by atoms with Crippen LogP contribution >= 0.6 is 0 Å². The Balaban J connectivity index is 1.34. The van der Waals surface area contributed by atoms with Crippen molar-refractivity contribution in [3.63, 3.8) is 0 Å². The normalized spacial score (nSPS) is 11.1. The Hall–Kier alpha value is -5.14. The highest BCUT2D eigenvalue weighted by atomic mass is 15.1. The van der Waals surface area contributed by atoms with Crippen LogP contribution in [0, 0.1) is 0 Å². The summed E-state index contributed by atoms with van der Waals surface area (Å²) in [6, 6.07) is 58.7. The van der Waals surface area contributed by atoms with Gasteiger partial charge < -0.3 is 4.90 Å². The maximum atomic E-state index is 2.34. The first-order valence-corrected chi connectivity index (χ1v) is 13.4. The van der Waals surface area contributed by atoms with E-state index in [1.807, 2.05) is 0 Å². The molecule has 1 heteroatoms. The molecular formula is C38H27N. The van der Waals surface area contributed by atoms with Crippen LogP contribution < -0.4 is 4.90 Å². The Bertz CT molecular complexity index is 1850. The molecule has 39 heavy (non-hydrogen) atoms. The highest BCUT2D eigenvalue weighted by molar-refractivity contribution is 6.01. The third kappa shape index (κ3) is 4.45. The Morgan fingerprint density at radius 1 is 0.308 bits per heavy atom. The number of benzene rings is 7. The van der Waals surface area contributed by atoms with Gasteiger partial charge in [-0.05, 0) is 98.4 Å². The van der Waals surface area contributed by atoms with Gasteiger partial charge in [0.05, 0.1) is 0 Å². The summed E-state index contributed by atoms with van der Waals surface area (Å²) >= 11 is 0. The molecule has 0 saturated heterocycles. The number of rotatable bonds is 5. The predicted molar refractivity (Wildman–Crippen MR) is 167 cm³/mol. The minimum Gasteiger partial charge on any atom is -0.311 e. The quantitative estimate of drug-likeness (QED) is 0.229. The van der Waals surface area contributed by atoms with Crippen LogP contribution in [0.1, 0.15) is 0 Å². The number of hydrogen-bond acceptors (Lipinski definition) is 1. The fourth-order valence-electron chi connectivity index (χ4n) is 5.48. The van der Waals surface area contributed by atoms with Crippen molar-refractivity contribution in [2.75, 3.05) is 4.90 Å². The molecule has 0 aliphatic heterocycles. The standard InChI is InChI=1S/C38H27N/c1-3-14-34(15-4-1)39(35-16-5-2-6-17-35)36-23-21-29(22-24-36)38-27-33(26-32-13-9-10-18-37(32)38)31-20-19-28-11-7-8-12-30(28)25-31/h1-27H. The van der Waals surface area contributed by atoms with Gasteiger partial charge in [-0.25, -0.2) is 0 Å². The molecular weight excluding hydrogens is 470 g/mol. The second-order valence-corrected chi connectivity index (χ2v) is 9.86.